The van der Waals surface area contributed by atoms with Crippen LogP contribution in [0.15, 0.2) is 47.4 Å². The van der Waals surface area contributed by atoms with Gasteiger partial charge in [-0.15, -0.1) is 0 Å². The Morgan fingerprint density at radius 3 is 2.12 bits per heavy atom. The van der Waals surface area contributed by atoms with Gasteiger partial charge in [0.15, 0.2) is 0 Å². The molecule has 0 spiro atoms. The molecule has 0 bridgehead atoms. The molecule has 2 aromatic rings. The zero-order valence-electron chi connectivity index (χ0n) is 15.2. The first-order valence-corrected chi connectivity index (χ1v) is 9.97. The van der Waals surface area contributed by atoms with Crippen molar-refractivity contribution in [2.75, 3.05) is 10.8 Å². The minimum absolute atomic E-state index is 0.0541. The van der Waals surface area contributed by atoms with Crippen LogP contribution < -0.4 is 4.31 Å². The zero-order valence-corrected chi connectivity index (χ0v) is 16.8. The number of benzene rings is 2. The molecule has 0 aliphatic rings. The third-order valence-corrected chi connectivity index (χ3v) is 5.58. The van der Waals surface area contributed by atoms with Crippen LogP contribution >= 0.6 is 11.6 Å². The molecule has 0 heterocycles. The lowest BCUT2D eigenvalue weighted by molar-refractivity contribution is -0.145. The second-order valence-corrected chi connectivity index (χ2v) is 8.65. The van der Waals surface area contributed by atoms with E-state index in [2.05, 4.69) is 0 Å². The lowest BCUT2D eigenvalue weighted by Crippen LogP contribution is -2.37. The molecule has 0 N–H and O–H groups in total. The molecular formula is C19H22ClNO4S. The van der Waals surface area contributed by atoms with Crippen molar-refractivity contribution < 1.29 is 17.9 Å². The van der Waals surface area contributed by atoms with Crippen LogP contribution in [0.4, 0.5) is 5.69 Å². The first-order chi connectivity index (χ1) is 12.1. The first kappa shape index (κ1) is 20.3. The molecule has 0 radical (unpaired) electrons. The van der Waals surface area contributed by atoms with Gasteiger partial charge in [0.2, 0.25) is 0 Å². The average Bonchev–Trinajstić information content (AvgIpc) is 2.51. The molecule has 0 aliphatic carbocycles. The van der Waals surface area contributed by atoms with Gasteiger partial charge in [0.1, 0.15) is 6.54 Å². The van der Waals surface area contributed by atoms with E-state index in [1.54, 1.807) is 26.0 Å². The summed E-state index contributed by atoms with van der Waals surface area (Å²) in [6.45, 7) is 6.76. The molecule has 0 saturated carbocycles. The van der Waals surface area contributed by atoms with Gasteiger partial charge in [-0.3, -0.25) is 9.10 Å². The predicted octanol–water partition coefficient (Wildman–Crippen LogP) is 4.10. The van der Waals surface area contributed by atoms with Gasteiger partial charge in [-0.05, 0) is 75.2 Å². The van der Waals surface area contributed by atoms with Gasteiger partial charge in [0, 0.05) is 5.02 Å². The molecule has 0 atom stereocenters. The highest BCUT2D eigenvalue weighted by atomic mass is 35.5. The SMILES string of the molecule is Cc1cc(C)cc(N(CC(=O)OC(C)C)S(=O)(=O)c2ccc(Cl)cc2)c1. The van der Waals surface area contributed by atoms with E-state index in [1.807, 2.05) is 19.9 Å². The van der Waals surface area contributed by atoms with Gasteiger partial charge in [-0.2, -0.15) is 0 Å². The number of halogens is 1. The number of hydrogen-bond acceptors (Lipinski definition) is 4. The van der Waals surface area contributed by atoms with Crippen molar-refractivity contribution in [2.45, 2.75) is 38.7 Å². The number of carbonyl (C=O) groups excluding carboxylic acids is 1. The number of ether oxygens (including phenoxy) is 1. The molecule has 26 heavy (non-hydrogen) atoms. The molecular weight excluding hydrogens is 374 g/mol. The molecule has 2 aromatic carbocycles. The fraction of sp³-hybridized carbons (Fsp3) is 0.316. The van der Waals surface area contributed by atoms with Crippen molar-refractivity contribution in [3.8, 4) is 0 Å². The quantitative estimate of drug-likeness (QED) is 0.690. The Bertz CT molecular complexity index is 872. The summed E-state index contributed by atoms with van der Waals surface area (Å²) in [5.41, 5.74) is 2.21. The van der Waals surface area contributed by atoms with Crippen LogP contribution in [0.2, 0.25) is 5.02 Å². The van der Waals surface area contributed by atoms with E-state index in [0.717, 1.165) is 15.4 Å². The summed E-state index contributed by atoms with van der Waals surface area (Å²) in [4.78, 5) is 12.2. The lowest BCUT2D eigenvalue weighted by Gasteiger charge is -2.25. The number of rotatable bonds is 6. The molecule has 140 valence electrons. The smallest absolute Gasteiger partial charge is 0.327 e. The number of carbonyl (C=O) groups is 1. The Kier molecular flexibility index (Phi) is 6.31. The number of anilines is 1. The van der Waals surface area contributed by atoms with E-state index in [-0.39, 0.29) is 11.0 Å². The molecule has 0 aromatic heterocycles. The van der Waals surface area contributed by atoms with Gasteiger partial charge in [0.25, 0.3) is 10.0 Å². The average molecular weight is 396 g/mol. The number of nitrogens with zero attached hydrogens (tertiary/aromatic N) is 1. The van der Waals surface area contributed by atoms with E-state index < -0.39 is 22.5 Å². The standard InChI is InChI=1S/C19H22ClNO4S/c1-13(2)25-19(22)12-21(17-10-14(3)9-15(4)11-17)26(23,24)18-7-5-16(20)6-8-18/h5-11,13H,12H2,1-4H3. The van der Waals surface area contributed by atoms with Crippen LogP contribution in [0.5, 0.6) is 0 Å². The van der Waals surface area contributed by atoms with E-state index in [0.29, 0.717) is 10.7 Å². The molecule has 0 aliphatic heterocycles. The van der Waals surface area contributed by atoms with Crippen molar-refractivity contribution in [1.82, 2.24) is 0 Å². The Hall–Kier alpha value is -2.05. The zero-order chi connectivity index (χ0) is 19.5. The summed E-state index contributed by atoms with van der Waals surface area (Å²) >= 11 is 5.86. The van der Waals surface area contributed by atoms with Crippen LogP contribution in [0.1, 0.15) is 25.0 Å². The Balaban J connectivity index is 2.51. The topological polar surface area (TPSA) is 63.7 Å². The van der Waals surface area contributed by atoms with Gasteiger partial charge in [0.05, 0.1) is 16.7 Å². The maximum atomic E-state index is 13.2. The normalized spacial score (nSPS) is 11.5. The summed E-state index contributed by atoms with van der Waals surface area (Å²) in [5.74, 6) is -0.614. The highest BCUT2D eigenvalue weighted by molar-refractivity contribution is 7.92. The van der Waals surface area contributed by atoms with E-state index in [9.17, 15) is 13.2 Å². The summed E-state index contributed by atoms with van der Waals surface area (Å²) in [7, 11) is -3.96. The minimum Gasteiger partial charge on any atom is -0.462 e. The molecule has 0 amide bonds. The fourth-order valence-corrected chi connectivity index (χ4v) is 4.08. The molecule has 0 fully saturated rings. The van der Waals surface area contributed by atoms with Crippen molar-refractivity contribution in [1.29, 1.82) is 0 Å². The number of hydrogen-bond donors (Lipinski definition) is 0. The number of sulfonamides is 1. The van der Waals surface area contributed by atoms with Crippen LogP contribution in [0, 0.1) is 13.8 Å². The lowest BCUT2D eigenvalue weighted by atomic mass is 10.1. The van der Waals surface area contributed by atoms with Gasteiger partial charge in [-0.1, -0.05) is 17.7 Å². The molecule has 0 unspecified atom stereocenters. The van der Waals surface area contributed by atoms with Gasteiger partial charge < -0.3 is 4.74 Å². The second-order valence-electron chi connectivity index (χ2n) is 6.35. The van der Waals surface area contributed by atoms with Crippen LogP contribution in [-0.4, -0.2) is 27.0 Å². The Labute approximate surface area is 159 Å². The van der Waals surface area contributed by atoms with Gasteiger partial charge in [-0.25, -0.2) is 8.42 Å². The van der Waals surface area contributed by atoms with Crippen LogP contribution in [-0.2, 0) is 19.6 Å². The fourth-order valence-electron chi connectivity index (χ4n) is 2.56. The Morgan fingerprint density at radius 2 is 1.62 bits per heavy atom. The van der Waals surface area contributed by atoms with Crippen LogP contribution in [0.3, 0.4) is 0 Å². The Morgan fingerprint density at radius 1 is 1.08 bits per heavy atom. The van der Waals surface area contributed by atoms with Gasteiger partial charge >= 0.3 is 5.97 Å². The maximum Gasteiger partial charge on any atom is 0.327 e. The molecule has 0 saturated heterocycles. The molecule has 2 rings (SSSR count). The number of esters is 1. The summed E-state index contributed by atoms with van der Waals surface area (Å²) < 4.78 is 32.5. The van der Waals surface area contributed by atoms with E-state index >= 15 is 0 Å². The number of aryl methyl sites for hydroxylation is 2. The minimum atomic E-state index is -3.96. The first-order valence-electron chi connectivity index (χ1n) is 8.15. The third kappa shape index (κ3) is 4.99. The highest BCUT2D eigenvalue weighted by Gasteiger charge is 2.28. The maximum absolute atomic E-state index is 13.2. The summed E-state index contributed by atoms with van der Waals surface area (Å²) in [6.07, 6.45) is -0.332. The van der Waals surface area contributed by atoms with Crippen molar-refractivity contribution in [2.24, 2.45) is 0 Å². The third-order valence-electron chi connectivity index (χ3n) is 3.54. The van der Waals surface area contributed by atoms with E-state index in [4.69, 9.17) is 16.3 Å². The van der Waals surface area contributed by atoms with Crippen molar-refractivity contribution in [3.05, 3.63) is 58.6 Å². The monoisotopic (exact) mass is 395 g/mol. The molecule has 5 nitrogen and oxygen atoms in total. The summed E-state index contributed by atoms with van der Waals surface area (Å²) in [6, 6.07) is 11.2. The van der Waals surface area contributed by atoms with Crippen molar-refractivity contribution in [3.63, 3.8) is 0 Å². The predicted molar refractivity (Wildman–Crippen MR) is 103 cm³/mol. The van der Waals surface area contributed by atoms with Crippen LogP contribution in [0.25, 0.3) is 0 Å². The second kappa shape index (κ2) is 8.10. The highest BCUT2D eigenvalue weighted by Crippen LogP contribution is 2.26. The largest absolute Gasteiger partial charge is 0.462 e. The van der Waals surface area contributed by atoms with Crippen molar-refractivity contribution >= 4 is 33.3 Å². The summed E-state index contributed by atoms with van der Waals surface area (Å²) in [5, 5.41) is 0.432. The molecule has 7 heteroatoms. The van der Waals surface area contributed by atoms with E-state index in [1.165, 1.54) is 24.3 Å².